The van der Waals surface area contributed by atoms with E-state index in [1.54, 1.807) is 6.07 Å². The molecule has 1 aliphatic carbocycles. The minimum atomic E-state index is -0.293. The van der Waals surface area contributed by atoms with Crippen LogP contribution < -0.4 is 5.32 Å². The lowest BCUT2D eigenvalue weighted by molar-refractivity contribution is -0.115. The van der Waals surface area contributed by atoms with Crippen LogP contribution in [-0.2, 0) is 24.1 Å². The molecule has 138 valence electrons. The molecule has 1 N–H and O–H groups in total. The van der Waals surface area contributed by atoms with Gasteiger partial charge in [0.2, 0.25) is 5.91 Å². The summed E-state index contributed by atoms with van der Waals surface area (Å²) in [5.41, 5.74) is 4.95. The van der Waals surface area contributed by atoms with Crippen molar-refractivity contribution >= 4 is 33.7 Å². The third-order valence-electron chi connectivity index (χ3n) is 5.12. The second-order valence-corrected chi connectivity index (χ2v) is 7.85. The minimum Gasteiger partial charge on any atom is -0.325 e. The Morgan fingerprint density at radius 3 is 2.75 bits per heavy atom. The van der Waals surface area contributed by atoms with Crippen LogP contribution in [0.25, 0.3) is 21.3 Å². The van der Waals surface area contributed by atoms with Gasteiger partial charge in [-0.3, -0.25) is 4.79 Å². The molecule has 0 atom stereocenters. The molecule has 0 saturated heterocycles. The lowest BCUT2D eigenvalue weighted by atomic mass is 10.0. The van der Waals surface area contributed by atoms with Crippen molar-refractivity contribution in [1.82, 2.24) is 4.98 Å². The van der Waals surface area contributed by atoms with Gasteiger partial charge in [0, 0.05) is 22.0 Å². The molecule has 3 aromatic carbocycles. The van der Waals surface area contributed by atoms with Gasteiger partial charge in [-0.1, -0.05) is 36.4 Å². The smallest absolute Gasteiger partial charge is 0.230 e. The minimum absolute atomic E-state index is 0.102. The van der Waals surface area contributed by atoms with E-state index >= 15 is 0 Å². The monoisotopic (exact) mass is 388 g/mol. The number of benzene rings is 3. The van der Waals surface area contributed by atoms with Gasteiger partial charge in [0.25, 0.3) is 0 Å². The Labute approximate surface area is 165 Å². The Morgan fingerprint density at radius 2 is 1.89 bits per heavy atom. The number of hydrogen-bond donors (Lipinski definition) is 1. The maximum absolute atomic E-state index is 13.4. The van der Waals surface area contributed by atoms with E-state index < -0.39 is 0 Å². The fraction of sp³-hybridized carbons (Fsp3) is 0.130. The normalized spacial score (nSPS) is 12.5. The van der Waals surface area contributed by atoms with Crippen molar-refractivity contribution in [2.24, 2.45) is 0 Å². The molecule has 0 saturated carbocycles. The maximum Gasteiger partial charge on any atom is 0.230 e. The van der Waals surface area contributed by atoms with E-state index in [9.17, 15) is 9.18 Å². The maximum atomic E-state index is 13.4. The topological polar surface area (TPSA) is 42.0 Å². The van der Waals surface area contributed by atoms with E-state index in [1.165, 1.54) is 40.0 Å². The molecule has 5 rings (SSSR count). The summed E-state index contributed by atoms with van der Waals surface area (Å²) >= 11 is 1.42. The quantitative estimate of drug-likeness (QED) is 0.510. The van der Waals surface area contributed by atoms with Crippen molar-refractivity contribution in [3.63, 3.8) is 0 Å². The third-order valence-corrected chi connectivity index (χ3v) is 6.06. The summed E-state index contributed by atoms with van der Waals surface area (Å²) in [5.74, 6) is -0.395. The van der Waals surface area contributed by atoms with E-state index in [1.807, 2.05) is 23.6 Å². The predicted octanol–water partition coefficient (Wildman–Crippen LogP) is 5.38. The van der Waals surface area contributed by atoms with Gasteiger partial charge in [0.05, 0.1) is 12.1 Å². The van der Waals surface area contributed by atoms with Crippen molar-refractivity contribution in [2.45, 2.75) is 19.3 Å². The zero-order valence-electron chi connectivity index (χ0n) is 15.0. The summed E-state index contributed by atoms with van der Waals surface area (Å²) in [6.45, 7) is 0. The summed E-state index contributed by atoms with van der Waals surface area (Å²) in [6, 6.07) is 16.7. The molecule has 1 heterocycles. The molecule has 0 radical (unpaired) electrons. The molecular formula is C23H17FN2OS. The number of halogens is 1. The zero-order chi connectivity index (χ0) is 19.1. The molecule has 3 nitrogen and oxygen atoms in total. The number of nitrogens with one attached hydrogen (secondary N) is 1. The van der Waals surface area contributed by atoms with E-state index in [2.05, 4.69) is 28.5 Å². The van der Waals surface area contributed by atoms with Gasteiger partial charge in [-0.25, -0.2) is 9.37 Å². The van der Waals surface area contributed by atoms with Crippen LogP contribution in [0.15, 0.2) is 60.0 Å². The Kier molecular flexibility index (Phi) is 4.17. The van der Waals surface area contributed by atoms with Gasteiger partial charge >= 0.3 is 0 Å². The Bertz CT molecular complexity index is 1200. The first-order valence-electron chi connectivity index (χ1n) is 9.21. The van der Waals surface area contributed by atoms with Crippen LogP contribution in [-0.4, -0.2) is 10.9 Å². The second kappa shape index (κ2) is 6.84. The third kappa shape index (κ3) is 3.08. The standard InChI is InChI=1S/C23H17FN2OS/c24-17-5-1-4-16(11-17)23-25-18(13-28-23)12-21(27)26-20-10-9-15-8-7-14-3-2-6-19(20)22(14)15/h1-6,9-11,13H,7-8,12H2,(H,26,27). The molecule has 1 amide bonds. The van der Waals surface area contributed by atoms with Gasteiger partial charge in [-0.15, -0.1) is 11.3 Å². The van der Waals surface area contributed by atoms with Crippen molar-refractivity contribution < 1.29 is 9.18 Å². The van der Waals surface area contributed by atoms with E-state index in [0.29, 0.717) is 10.7 Å². The molecule has 28 heavy (non-hydrogen) atoms. The molecule has 4 aromatic rings. The molecule has 1 aliphatic rings. The number of aromatic nitrogens is 1. The number of anilines is 1. The van der Waals surface area contributed by atoms with E-state index in [-0.39, 0.29) is 18.1 Å². The van der Waals surface area contributed by atoms with Gasteiger partial charge < -0.3 is 5.32 Å². The Morgan fingerprint density at radius 1 is 1.07 bits per heavy atom. The number of rotatable bonds is 4. The first kappa shape index (κ1) is 17.1. The average Bonchev–Trinajstić information content (AvgIpc) is 3.32. The first-order valence-corrected chi connectivity index (χ1v) is 10.1. The van der Waals surface area contributed by atoms with Crippen molar-refractivity contribution in [2.75, 3.05) is 5.32 Å². The molecule has 1 aromatic heterocycles. The van der Waals surface area contributed by atoms with Crippen LogP contribution in [0.1, 0.15) is 16.8 Å². The van der Waals surface area contributed by atoms with Crippen LogP contribution in [0.2, 0.25) is 0 Å². The predicted molar refractivity (Wildman–Crippen MR) is 111 cm³/mol. The summed E-state index contributed by atoms with van der Waals surface area (Å²) in [6.07, 6.45) is 2.31. The Balaban J connectivity index is 1.36. The van der Waals surface area contributed by atoms with Crippen LogP contribution in [0.4, 0.5) is 10.1 Å². The summed E-state index contributed by atoms with van der Waals surface area (Å²) < 4.78 is 13.4. The lowest BCUT2D eigenvalue weighted by Gasteiger charge is -2.10. The summed E-state index contributed by atoms with van der Waals surface area (Å²) in [4.78, 5) is 17.1. The number of thiazole rings is 1. The molecule has 0 aliphatic heterocycles. The number of aryl methyl sites for hydroxylation is 2. The SMILES string of the molecule is O=C(Cc1csc(-c2cccc(F)c2)n1)Nc1ccc2c3c(cccc13)CC2. The van der Waals surface area contributed by atoms with Crippen molar-refractivity contribution in [3.8, 4) is 10.6 Å². The highest BCUT2D eigenvalue weighted by Crippen LogP contribution is 2.35. The number of carbonyl (C=O) groups is 1. The lowest BCUT2D eigenvalue weighted by Crippen LogP contribution is -2.15. The molecule has 0 bridgehead atoms. The average molecular weight is 388 g/mol. The van der Waals surface area contributed by atoms with Crippen molar-refractivity contribution in [1.29, 1.82) is 0 Å². The summed E-state index contributed by atoms with van der Waals surface area (Å²) in [5, 5.41) is 7.99. The van der Waals surface area contributed by atoms with Crippen LogP contribution in [0, 0.1) is 5.82 Å². The van der Waals surface area contributed by atoms with Crippen LogP contribution in [0.3, 0.4) is 0 Å². The van der Waals surface area contributed by atoms with Gasteiger partial charge in [0.1, 0.15) is 10.8 Å². The van der Waals surface area contributed by atoms with Gasteiger partial charge in [-0.2, -0.15) is 0 Å². The molecule has 0 spiro atoms. The van der Waals surface area contributed by atoms with E-state index in [4.69, 9.17) is 0 Å². The Hall–Kier alpha value is -3.05. The highest BCUT2D eigenvalue weighted by atomic mass is 32.1. The largest absolute Gasteiger partial charge is 0.325 e. The molecular weight excluding hydrogens is 371 g/mol. The second-order valence-electron chi connectivity index (χ2n) is 6.99. The highest BCUT2D eigenvalue weighted by molar-refractivity contribution is 7.13. The van der Waals surface area contributed by atoms with Crippen LogP contribution in [0.5, 0.6) is 0 Å². The fourth-order valence-electron chi connectivity index (χ4n) is 3.86. The number of carbonyl (C=O) groups excluding carboxylic acids is 1. The van der Waals surface area contributed by atoms with Crippen molar-refractivity contribution in [3.05, 3.63) is 82.6 Å². The number of hydrogen-bond acceptors (Lipinski definition) is 3. The molecule has 0 fully saturated rings. The van der Waals surface area contributed by atoms with E-state index in [0.717, 1.165) is 29.5 Å². The number of nitrogens with zero attached hydrogens (tertiary/aromatic N) is 1. The first-order chi connectivity index (χ1) is 13.7. The zero-order valence-corrected chi connectivity index (χ0v) is 15.9. The van der Waals surface area contributed by atoms with Gasteiger partial charge in [-0.05, 0) is 47.6 Å². The molecule has 5 heteroatoms. The highest BCUT2D eigenvalue weighted by Gasteiger charge is 2.17. The fourth-order valence-corrected chi connectivity index (χ4v) is 4.67. The summed E-state index contributed by atoms with van der Waals surface area (Å²) in [7, 11) is 0. The van der Waals surface area contributed by atoms with Crippen LogP contribution >= 0.6 is 11.3 Å². The van der Waals surface area contributed by atoms with Gasteiger partial charge in [0.15, 0.2) is 0 Å². The number of amides is 1. The molecule has 0 unspecified atom stereocenters.